The van der Waals surface area contributed by atoms with Gasteiger partial charge in [-0.2, -0.15) is 0 Å². The van der Waals surface area contributed by atoms with E-state index in [0.717, 1.165) is 12.0 Å². The Bertz CT molecular complexity index is 1000. The summed E-state index contributed by atoms with van der Waals surface area (Å²) in [4.78, 5) is 29.0. The van der Waals surface area contributed by atoms with Gasteiger partial charge in [-0.15, -0.1) is 0 Å². The maximum atomic E-state index is 12.5. The van der Waals surface area contributed by atoms with Gasteiger partial charge in [0.15, 0.2) is 0 Å². The molecular weight excluding hydrogens is 338 g/mol. The Morgan fingerprint density at radius 1 is 1.15 bits per heavy atom. The van der Waals surface area contributed by atoms with Gasteiger partial charge < -0.3 is 5.32 Å². The minimum Gasteiger partial charge on any atom is -0.354 e. The highest BCUT2D eigenvalue weighted by atomic mass is 16.2. The van der Waals surface area contributed by atoms with Gasteiger partial charge in [0.25, 0.3) is 5.56 Å². The molecule has 3 rings (SSSR count). The third kappa shape index (κ3) is 4.61. The van der Waals surface area contributed by atoms with Gasteiger partial charge >= 0.3 is 0 Å². The molecule has 0 bridgehead atoms. The van der Waals surface area contributed by atoms with Crippen molar-refractivity contribution in [3.63, 3.8) is 0 Å². The zero-order chi connectivity index (χ0) is 19.4. The Morgan fingerprint density at radius 3 is 2.59 bits per heavy atom. The fourth-order valence-corrected chi connectivity index (χ4v) is 3.01. The number of hydrogen-bond acceptors (Lipinski definition) is 3. The van der Waals surface area contributed by atoms with Gasteiger partial charge in [0.1, 0.15) is 6.54 Å². The summed E-state index contributed by atoms with van der Waals surface area (Å²) in [5.74, 6) is 0.320. The highest BCUT2D eigenvalue weighted by Gasteiger charge is 2.08. The summed E-state index contributed by atoms with van der Waals surface area (Å²) in [6, 6.07) is 14.0. The summed E-state index contributed by atoms with van der Waals surface area (Å²) in [7, 11) is 0. The first-order valence-corrected chi connectivity index (χ1v) is 9.25. The summed E-state index contributed by atoms with van der Waals surface area (Å²) in [5.41, 5.74) is 3.93. The number of benzene rings is 2. The monoisotopic (exact) mass is 363 g/mol. The van der Waals surface area contributed by atoms with Crippen LogP contribution in [-0.2, 0) is 17.8 Å². The van der Waals surface area contributed by atoms with Gasteiger partial charge in [-0.05, 0) is 42.5 Å². The minimum absolute atomic E-state index is 0.0258. The summed E-state index contributed by atoms with van der Waals surface area (Å²) in [5, 5.41) is 3.41. The molecule has 1 heterocycles. The quantitative estimate of drug-likeness (QED) is 0.731. The number of carbonyl (C=O) groups excluding carboxylic acids is 1. The number of amides is 1. The van der Waals surface area contributed by atoms with Crippen molar-refractivity contribution < 1.29 is 4.79 Å². The van der Waals surface area contributed by atoms with Crippen LogP contribution in [0.1, 0.15) is 36.5 Å². The normalized spacial score (nSPS) is 11.1. The van der Waals surface area contributed by atoms with Crippen molar-refractivity contribution in [1.82, 2.24) is 14.9 Å². The summed E-state index contributed by atoms with van der Waals surface area (Å²) in [6.45, 7) is 6.77. The van der Waals surface area contributed by atoms with Gasteiger partial charge in [0.2, 0.25) is 5.91 Å². The van der Waals surface area contributed by atoms with Gasteiger partial charge in [0.05, 0.1) is 17.2 Å². The molecule has 5 heteroatoms. The van der Waals surface area contributed by atoms with E-state index in [0.29, 0.717) is 23.4 Å². The van der Waals surface area contributed by atoms with E-state index >= 15 is 0 Å². The van der Waals surface area contributed by atoms with E-state index in [1.807, 2.05) is 19.1 Å². The van der Waals surface area contributed by atoms with E-state index in [9.17, 15) is 9.59 Å². The third-order valence-corrected chi connectivity index (χ3v) is 4.68. The topological polar surface area (TPSA) is 64.0 Å². The molecule has 1 N–H and O–H groups in total. The second-order valence-corrected chi connectivity index (χ2v) is 7.19. The molecule has 1 amide bonds. The summed E-state index contributed by atoms with van der Waals surface area (Å²) in [6.07, 6.45) is 2.19. The number of aromatic nitrogens is 2. The van der Waals surface area contributed by atoms with E-state index in [1.165, 1.54) is 22.0 Å². The van der Waals surface area contributed by atoms with Crippen molar-refractivity contribution in [3.05, 3.63) is 75.8 Å². The fraction of sp³-hybridized carbons (Fsp3) is 0.318. The Kier molecular flexibility index (Phi) is 5.69. The van der Waals surface area contributed by atoms with Crippen LogP contribution in [0, 0.1) is 6.92 Å². The van der Waals surface area contributed by atoms with Gasteiger partial charge in [-0.25, -0.2) is 4.98 Å². The second kappa shape index (κ2) is 8.16. The van der Waals surface area contributed by atoms with Crippen molar-refractivity contribution >= 4 is 16.8 Å². The molecule has 3 aromatic rings. The van der Waals surface area contributed by atoms with E-state index in [2.05, 4.69) is 48.4 Å². The van der Waals surface area contributed by atoms with Crippen LogP contribution < -0.4 is 10.9 Å². The van der Waals surface area contributed by atoms with Crippen molar-refractivity contribution in [2.75, 3.05) is 6.54 Å². The van der Waals surface area contributed by atoms with Crippen LogP contribution in [0.2, 0.25) is 0 Å². The van der Waals surface area contributed by atoms with Crippen LogP contribution >= 0.6 is 0 Å². The standard InChI is InChI=1S/C22H25N3O2/c1-15(2)18-7-5-17(6-8-18)10-11-23-21(26)13-25-14-24-20-9-4-16(3)12-19(20)22(25)27/h4-9,12,14-15H,10-11,13H2,1-3H3,(H,23,26). The number of nitrogens with one attached hydrogen (secondary N) is 1. The molecule has 1 aromatic heterocycles. The molecule has 27 heavy (non-hydrogen) atoms. The van der Waals surface area contributed by atoms with Crippen LogP contribution in [0.3, 0.4) is 0 Å². The number of hydrogen-bond donors (Lipinski definition) is 1. The largest absolute Gasteiger partial charge is 0.354 e. The number of nitrogens with zero attached hydrogens (tertiary/aromatic N) is 2. The Hall–Kier alpha value is -2.95. The molecule has 0 aliphatic rings. The van der Waals surface area contributed by atoms with Crippen LogP contribution in [0.4, 0.5) is 0 Å². The van der Waals surface area contributed by atoms with E-state index in [-0.39, 0.29) is 18.0 Å². The number of rotatable bonds is 6. The Balaban J connectivity index is 1.58. The highest BCUT2D eigenvalue weighted by Crippen LogP contribution is 2.14. The van der Waals surface area contributed by atoms with Crippen LogP contribution in [0.5, 0.6) is 0 Å². The molecule has 0 aliphatic heterocycles. The van der Waals surface area contributed by atoms with Crippen LogP contribution in [0.25, 0.3) is 10.9 Å². The van der Waals surface area contributed by atoms with Gasteiger partial charge in [-0.3, -0.25) is 14.2 Å². The van der Waals surface area contributed by atoms with E-state index in [4.69, 9.17) is 0 Å². The third-order valence-electron chi connectivity index (χ3n) is 4.68. The average Bonchev–Trinajstić information content (AvgIpc) is 2.65. The number of fused-ring (bicyclic) bond motifs is 1. The predicted molar refractivity (Wildman–Crippen MR) is 108 cm³/mol. The molecule has 0 saturated carbocycles. The van der Waals surface area contributed by atoms with Crippen LogP contribution in [0.15, 0.2) is 53.6 Å². The molecule has 0 spiro atoms. The molecule has 140 valence electrons. The molecule has 0 saturated heterocycles. The zero-order valence-corrected chi connectivity index (χ0v) is 16.0. The molecule has 0 atom stereocenters. The van der Waals surface area contributed by atoms with Crippen molar-refractivity contribution in [3.8, 4) is 0 Å². The minimum atomic E-state index is -0.192. The first-order valence-electron chi connectivity index (χ1n) is 9.25. The lowest BCUT2D eigenvalue weighted by Gasteiger charge is -2.09. The number of carbonyl (C=O) groups is 1. The van der Waals surface area contributed by atoms with Crippen molar-refractivity contribution in [1.29, 1.82) is 0 Å². The molecule has 0 radical (unpaired) electrons. The second-order valence-electron chi connectivity index (χ2n) is 7.19. The number of aryl methyl sites for hydroxylation is 1. The zero-order valence-electron chi connectivity index (χ0n) is 16.0. The summed E-state index contributed by atoms with van der Waals surface area (Å²) < 4.78 is 1.36. The molecule has 5 nitrogen and oxygen atoms in total. The average molecular weight is 363 g/mol. The fourth-order valence-electron chi connectivity index (χ4n) is 3.01. The molecular formula is C22H25N3O2. The smallest absolute Gasteiger partial charge is 0.261 e. The highest BCUT2D eigenvalue weighted by molar-refractivity contribution is 5.79. The lowest BCUT2D eigenvalue weighted by Crippen LogP contribution is -2.33. The van der Waals surface area contributed by atoms with Crippen molar-refractivity contribution in [2.24, 2.45) is 0 Å². The van der Waals surface area contributed by atoms with Crippen molar-refractivity contribution in [2.45, 2.75) is 39.7 Å². The lowest BCUT2D eigenvalue weighted by atomic mass is 10.0. The molecule has 0 unspecified atom stereocenters. The van der Waals surface area contributed by atoms with E-state index < -0.39 is 0 Å². The Labute approximate surface area is 159 Å². The maximum Gasteiger partial charge on any atom is 0.261 e. The molecule has 0 fully saturated rings. The predicted octanol–water partition coefficient (Wildman–Crippen LogP) is 3.19. The van der Waals surface area contributed by atoms with Crippen LogP contribution in [-0.4, -0.2) is 22.0 Å². The first-order chi connectivity index (χ1) is 12.9. The molecule has 2 aromatic carbocycles. The van der Waals surface area contributed by atoms with Gasteiger partial charge in [0, 0.05) is 6.54 Å². The van der Waals surface area contributed by atoms with Gasteiger partial charge in [-0.1, -0.05) is 49.7 Å². The first kappa shape index (κ1) is 18.8. The summed E-state index contributed by atoms with van der Waals surface area (Å²) >= 11 is 0. The molecule has 0 aliphatic carbocycles. The lowest BCUT2D eigenvalue weighted by molar-refractivity contribution is -0.121. The van der Waals surface area contributed by atoms with E-state index in [1.54, 1.807) is 6.07 Å². The maximum absolute atomic E-state index is 12.5. The SMILES string of the molecule is Cc1ccc2ncn(CC(=O)NCCc3ccc(C(C)C)cc3)c(=O)c2c1. The Morgan fingerprint density at radius 2 is 1.89 bits per heavy atom.